The van der Waals surface area contributed by atoms with Gasteiger partial charge in [0.25, 0.3) is 0 Å². The van der Waals surface area contributed by atoms with Crippen molar-refractivity contribution >= 4 is 0 Å². The van der Waals surface area contributed by atoms with Gasteiger partial charge in [0.1, 0.15) is 0 Å². The fraction of sp³-hybridized carbons (Fsp3) is 1.00. The lowest BCUT2D eigenvalue weighted by Crippen LogP contribution is -2.50. The molecule has 0 aliphatic heterocycles. The van der Waals surface area contributed by atoms with Crippen LogP contribution in [-0.2, 0) is 0 Å². The summed E-state index contributed by atoms with van der Waals surface area (Å²) in [6.45, 7) is 8.86. The SMILES string of the molecule is CCC(CC)CNC1(CN)CCC(C)C1. The van der Waals surface area contributed by atoms with Crippen LogP contribution in [0.5, 0.6) is 0 Å². The van der Waals surface area contributed by atoms with E-state index in [4.69, 9.17) is 5.73 Å². The summed E-state index contributed by atoms with van der Waals surface area (Å²) in [6.07, 6.45) is 6.43. The molecule has 2 unspecified atom stereocenters. The van der Waals surface area contributed by atoms with Gasteiger partial charge in [0.15, 0.2) is 0 Å². The average Bonchev–Trinajstić information content (AvgIpc) is 2.63. The molecular formula is C13H28N2. The van der Waals surface area contributed by atoms with Gasteiger partial charge in [-0.3, -0.25) is 0 Å². The quantitative estimate of drug-likeness (QED) is 0.710. The second-order valence-corrected chi connectivity index (χ2v) is 5.40. The van der Waals surface area contributed by atoms with E-state index in [0.717, 1.165) is 24.9 Å². The van der Waals surface area contributed by atoms with Crippen LogP contribution in [0.25, 0.3) is 0 Å². The Bertz CT molecular complexity index is 177. The maximum absolute atomic E-state index is 5.94. The van der Waals surface area contributed by atoms with Gasteiger partial charge in [0.2, 0.25) is 0 Å². The average molecular weight is 212 g/mol. The third-order valence-corrected chi connectivity index (χ3v) is 4.17. The molecule has 2 nitrogen and oxygen atoms in total. The van der Waals surface area contributed by atoms with Crippen LogP contribution in [-0.4, -0.2) is 18.6 Å². The Hall–Kier alpha value is -0.0800. The Balaban J connectivity index is 2.40. The molecule has 0 aromatic rings. The lowest BCUT2D eigenvalue weighted by Gasteiger charge is -2.31. The van der Waals surface area contributed by atoms with Gasteiger partial charge in [-0.25, -0.2) is 0 Å². The highest BCUT2D eigenvalue weighted by atomic mass is 15.0. The van der Waals surface area contributed by atoms with E-state index in [1.165, 1.54) is 32.1 Å². The van der Waals surface area contributed by atoms with E-state index in [-0.39, 0.29) is 5.54 Å². The molecule has 1 aliphatic rings. The lowest BCUT2D eigenvalue weighted by molar-refractivity contribution is 0.297. The summed E-state index contributed by atoms with van der Waals surface area (Å²) < 4.78 is 0. The van der Waals surface area contributed by atoms with Crippen LogP contribution in [0.15, 0.2) is 0 Å². The first-order valence-electron chi connectivity index (χ1n) is 6.61. The van der Waals surface area contributed by atoms with Crippen molar-refractivity contribution < 1.29 is 0 Å². The predicted octanol–water partition coefficient (Wildman–Crippen LogP) is 2.53. The summed E-state index contributed by atoms with van der Waals surface area (Å²) in [5.41, 5.74) is 6.20. The molecule has 15 heavy (non-hydrogen) atoms. The molecule has 1 saturated carbocycles. The van der Waals surface area contributed by atoms with Crippen LogP contribution >= 0.6 is 0 Å². The molecule has 3 N–H and O–H groups in total. The Morgan fingerprint density at radius 1 is 1.40 bits per heavy atom. The van der Waals surface area contributed by atoms with Crippen molar-refractivity contribution in [3.05, 3.63) is 0 Å². The summed E-state index contributed by atoms with van der Waals surface area (Å²) in [4.78, 5) is 0. The standard InChI is InChI=1S/C13H28N2/c1-4-12(5-2)9-15-13(10-14)7-6-11(3)8-13/h11-12,15H,4-10,14H2,1-3H3. The van der Waals surface area contributed by atoms with Crippen molar-refractivity contribution in [3.63, 3.8) is 0 Å². The molecule has 1 aliphatic carbocycles. The summed E-state index contributed by atoms with van der Waals surface area (Å²) in [6, 6.07) is 0. The van der Waals surface area contributed by atoms with Gasteiger partial charge >= 0.3 is 0 Å². The molecule has 0 radical (unpaired) electrons. The van der Waals surface area contributed by atoms with Crippen LogP contribution in [0.4, 0.5) is 0 Å². The molecule has 0 spiro atoms. The summed E-state index contributed by atoms with van der Waals surface area (Å²) in [7, 11) is 0. The normalized spacial score (nSPS) is 31.4. The summed E-state index contributed by atoms with van der Waals surface area (Å²) in [5, 5.41) is 3.75. The van der Waals surface area contributed by atoms with E-state index in [1.54, 1.807) is 0 Å². The largest absolute Gasteiger partial charge is 0.329 e. The lowest BCUT2D eigenvalue weighted by atomic mass is 9.94. The van der Waals surface area contributed by atoms with Gasteiger partial charge in [0.05, 0.1) is 0 Å². The molecule has 2 heteroatoms. The Morgan fingerprint density at radius 2 is 2.07 bits per heavy atom. The second-order valence-electron chi connectivity index (χ2n) is 5.40. The second kappa shape index (κ2) is 5.86. The highest BCUT2D eigenvalue weighted by Gasteiger charge is 2.35. The zero-order valence-corrected chi connectivity index (χ0v) is 10.7. The minimum absolute atomic E-state index is 0.266. The topological polar surface area (TPSA) is 38.0 Å². The van der Waals surface area contributed by atoms with Crippen molar-refractivity contribution in [2.75, 3.05) is 13.1 Å². The van der Waals surface area contributed by atoms with Crippen LogP contribution < -0.4 is 11.1 Å². The fourth-order valence-corrected chi connectivity index (χ4v) is 2.75. The first-order valence-corrected chi connectivity index (χ1v) is 6.61. The van der Waals surface area contributed by atoms with Crippen molar-refractivity contribution in [1.82, 2.24) is 5.32 Å². The van der Waals surface area contributed by atoms with Gasteiger partial charge in [-0.05, 0) is 37.6 Å². The van der Waals surface area contributed by atoms with Crippen LogP contribution in [0.1, 0.15) is 52.9 Å². The molecule has 0 amide bonds. The van der Waals surface area contributed by atoms with Crippen molar-refractivity contribution in [3.8, 4) is 0 Å². The molecular weight excluding hydrogens is 184 g/mol. The summed E-state index contributed by atoms with van der Waals surface area (Å²) >= 11 is 0. The maximum Gasteiger partial charge on any atom is 0.0306 e. The minimum Gasteiger partial charge on any atom is -0.329 e. The van der Waals surface area contributed by atoms with Gasteiger partial charge in [-0.15, -0.1) is 0 Å². The third kappa shape index (κ3) is 3.46. The zero-order valence-electron chi connectivity index (χ0n) is 10.7. The number of hydrogen-bond acceptors (Lipinski definition) is 2. The number of rotatable bonds is 6. The maximum atomic E-state index is 5.94. The van der Waals surface area contributed by atoms with E-state index in [0.29, 0.717) is 0 Å². The molecule has 1 fully saturated rings. The van der Waals surface area contributed by atoms with E-state index in [1.807, 2.05) is 0 Å². The van der Waals surface area contributed by atoms with Crippen LogP contribution in [0.3, 0.4) is 0 Å². The number of nitrogens with two attached hydrogens (primary N) is 1. The molecule has 0 aromatic carbocycles. The van der Waals surface area contributed by atoms with Crippen LogP contribution in [0, 0.1) is 11.8 Å². The highest BCUT2D eigenvalue weighted by Crippen LogP contribution is 2.33. The Morgan fingerprint density at radius 3 is 2.47 bits per heavy atom. The molecule has 0 heterocycles. The zero-order chi connectivity index (χ0) is 11.3. The van der Waals surface area contributed by atoms with Crippen molar-refractivity contribution in [2.24, 2.45) is 17.6 Å². The van der Waals surface area contributed by atoms with Crippen molar-refractivity contribution in [2.45, 2.75) is 58.4 Å². The molecule has 0 aromatic heterocycles. The molecule has 2 atom stereocenters. The van der Waals surface area contributed by atoms with E-state index in [9.17, 15) is 0 Å². The molecule has 0 bridgehead atoms. The van der Waals surface area contributed by atoms with E-state index in [2.05, 4.69) is 26.1 Å². The van der Waals surface area contributed by atoms with Crippen molar-refractivity contribution in [1.29, 1.82) is 0 Å². The monoisotopic (exact) mass is 212 g/mol. The smallest absolute Gasteiger partial charge is 0.0306 e. The van der Waals surface area contributed by atoms with E-state index < -0.39 is 0 Å². The molecule has 0 saturated heterocycles. The minimum atomic E-state index is 0.266. The van der Waals surface area contributed by atoms with Crippen LogP contribution in [0.2, 0.25) is 0 Å². The van der Waals surface area contributed by atoms with Gasteiger partial charge in [0, 0.05) is 12.1 Å². The molecule has 1 rings (SSSR count). The Labute approximate surface area is 95.0 Å². The Kier molecular flexibility index (Phi) is 5.07. The van der Waals surface area contributed by atoms with Gasteiger partial charge < -0.3 is 11.1 Å². The number of nitrogens with one attached hydrogen (secondary N) is 1. The third-order valence-electron chi connectivity index (χ3n) is 4.17. The number of hydrogen-bond donors (Lipinski definition) is 2. The predicted molar refractivity (Wildman–Crippen MR) is 66.9 cm³/mol. The molecule has 90 valence electrons. The van der Waals surface area contributed by atoms with E-state index >= 15 is 0 Å². The highest BCUT2D eigenvalue weighted by molar-refractivity contribution is 4.96. The first-order chi connectivity index (χ1) is 7.15. The fourth-order valence-electron chi connectivity index (χ4n) is 2.75. The first kappa shape index (κ1) is 13.0. The van der Waals surface area contributed by atoms with Gasteiger partial charge in [-0.1, -0.05) is 33.6 Å². The summed E-state index contributed by atoms with van der Waals surface area (Å²) in [5.74, 6) is 1.67. The van der Waals surface area contributed by atoms with Gasteiger partial charge in [-0.2, -0.15) is 0 Å².